The number of hydrogen-bond acceptors (Lipinski definition) is 3. The van der Waals surface area contributed by atoms with Gasteiger partial charge in [0.15, 0.2) is 0 Å². The number of nitrogens with zero attached hydrogens (tertiary/aromatic N) is 1. The van der Waals surface area contributed by atoms with E-state index < -0.39 is 5.97 Å². The highest BCUT2D eigenvalue weighted by atomic mass is 16.5. The van der Waals surface area contributed by atoms with Crippen molar-refractivity contribution in [2.24, 2.45) is 0 Å². The van der Waals surface area contributed by atoms with Crippen LogP contribution in [0.5, 0.6) is 0 Å². The number of hydrogen-bond donors (Lipinski definition) is 0. The van der Waals surface area contributed by atoms with E-state index in [0.29, 0.717) is 29.8 Å². The summed E-state index contributed by atoms with van der Waals surface area (Å²) >= 11 is 0. The van der Waals surface area contributed by atoms with Crippen LogP contribution in [-0.2, 0) is 4.74 Å². The molecule has 0 aliphatic heterocycles. The molecule has 0 fully saturated rings. The molecular weight excluding hydrogens is 254 g/mol. The summed E-state index contributed by atoms with van der Waals surface area (Å²) < 4.78 is 6.67. The van der Waals surface area contributed by atoms with Gasteiger partial charge in [0.05, 0.1) is 12.2 Å². The Morgan fingerprint density at radius 1 is 1.45 bits per heavy atom. The van der Waals surface area contributed by atoms with Crippen LogP contribution in [0.25, 0.3) is 0 Å². The first-order valence-electron chi connectivity index (χ1n) is 6.81. The van der Waals surface area contributed by atoms with Crippen LogP contribution in [0.2, 0.25) is 0 Å². The SMILES string of the molecule is C#CCC(CC)n1c(C)c(C(=O)OCC)c(C)cc1=O. The maximum absolute atomic E-state index is 12.2. The predicted molar refractivity (Wildman–Crippen MR) is 78.9 cm³/mol. The van der Waals surface area contributed by atoms with Gasteiger partial charge in [-0.3, -0.25) is 4.79 Å². The Labute approximate surface area is 119 Å². The maximum Gasteiger partial charge on any atom is 0.340 e. The minimum atomic E-state index is -0.396. The summed E-state index contributed by atoms with van der Waals surface area (Å²) in [5, 5.41) is 0. The monoisotopic (exact) mass is 275 g/mol. The van der Waals surface area contributed by atoms with E-state index in [0.717, 1.165) is 6.42 Å². The fourth-order valence-electron chi connectivity index (χ4n) is 2.42. The molecule has 1 unspecified atom stereocenters. The molecule has 0 radical (unpaired) electrons. The van der Waals surface area contributed by atoms with Crippen molar-refractivity contribution in [2.45, 2.75) is 46.6 Å². The van der Waals surface area contributed by atoms with Crippen molar-refractivity contribution in [3.05, 3.63) is 33.2 Å². The molecule has 1 heterocycles. The molecule has 108 valence electrons. The van der Waals surface area contributed by atoms with Gasteiger partial charge in [0, 0.05) is 24.2 Å². The quantitative estimate of drug-likeness (QED) is 0.613. The van der Waals surface area contributed by atoms with E-state index in [2.05, 4.69) is 5.92 Å². The van der Waals surface area contributed by atoms with Crippen molar-refractivity contribution in [3.63, 3.8) is 0 Å². The molecule has 0 spiro atoms. The van der Waals surface area contributed by atoms with Crippen molar-refractivity contribution >= 4 is 5.97 Å². The van der Waals surface area contributed by atoms with Gasteiger partial charge in [0.2, 0.25) is 0 Å². The third-order valence-electron chi connectivity index (χ3n) is 3.36. The molecule has 0 saturated heterocycles. The van der Waals surface area contributed by atoms with Crippen molar-refractivity contribution in [2.75, 3.05) is 6.61 Å². The van der Waals surface area contributed by atoms with E-state index in [1.807, 2.05) is 6.92 Å². The molecule has 0 bridgehead atoms. The van der Waals surface area contributed by atoms with Gasteiger partial charge in [0.1, 0.15) is 0 Å². The van der Waals surface area contributed by atoms with Crippen LogP contribution in [0.1, 0.15) is 54.3 Å². The van der Waals surface area contributed by atoms with Crippen LogP contribution >= 0.6 is 0 Å². The number of pyridine rings is 1. The van der Waals surface area contributed by atoms with Gasteiger partial charge in [-0.15, -0.1) is 12.3 Å². The summed E-state index contributed by atoms with van der Waals surface area (Å²) in [5.41, 5.74) is 1.59. The number of carbonyl (C=O) groups excluding carboxylic acids is 1. The Balaban J connectivity index is 3.47. The molecule has 1 rings (SSSR count). The van der Waals surface area contributed by atoms with Crippen molar-refractivity contribution in [1.82, 2.24) is 4.57 Å². The first-order valence-corrected chi connectivity index (χ1v) is 6.81. The lowest BCUT2D eigenvalue weighted by atomic mass is 10.0. The summed E-state index contributed by atoms with van der Waals surface area (Å²) in [6, 6.07) is 1.37. The van der Waals surface area contributed by atoms with Crippen molar-refractivity contribution in [3.8, 4) is 12.3 Å². The smallest absolute Gasteiger partial charge is 0.340 e. The molecule has 0 aliphatic rings. The van der Waals surface area contributed by atoms with Crippen molar-refractivity contribution in [1.29, 1.82) is 0 Å². The van der Waals surface area contributed by atoms with Crippen LogP contribution in [0, 0.1) is 26.2 Å². The van der Waals surface area contributed by atoms with Gasteiger partial charge in [0.25, 0.3) is 5.56 Å². The zero-order valence-electron chi connectivity index (χ0n) is 12.5. The Hall–Kier alpha value is -2.02. The van der Waals surface area contributed by atoms with Gasteiger partial charge in [-0.05, 0) is 32.8 Å². The standard InChI is InChI=1S/C16H21NO3/c1-6-9-13(7-2)17-12(5)15(16(19)20-8-3)11(4)10-14(17)18/h1,10,13H,7-9H2,2-5H3. The zero-order chi connectivity index (χ0) is 15.3. The van der Waals surface area contributed by atoms with E-state index in [1.54, 1.807) is 25.3 Å². The number of terminal acetylenes is 1. The molecule has 0 saturated carbocycles. The molecule has 20 heavy (non-hydrogen) atoms. The lowest BCUT2D eigenvalue weighted by Crippen LogP contribution is -2.29. The summed E-state index contributed by atoms with van der Waals surface area (Å²) in [7, 11) is 0. The van der Waals surface area contributed by atoms with Gasteiger partial charge in [-0.25, -0.2) is 4.79 Å². The summed E-state index contributed by atoms with van der Waals surface area (Å²) in [5.74, 6) is 2.19. The Morgan fingerprint density at radius 2 is 2.10 bits per heavy atom. The van der Waals surface area contributed by atoms with E-state index >= 15 is 0 Å². The van der Waals surface area contributed by atoms with Crippen LogP contribution < -0.4 is 5.56 Å². The van der Waals surface area contributed by atoms with Gasteiger partial charge in [-0.2, -0.15) is 0 Å². The third kappa shape index (κ3) is 3.11. The van der Waals surface area contributed by atoms with Crippen LogP contribution in [0.3, 0.4) is 0 Å². The van der Waals surface area contributed by atoms with Crippen LogP contribution in [0.15, 0.2) is 10.9 Å². The molecule has 0 aromatic carbocycles. The minimum absolute atomic E-state index is 0.0960. The van der Waals surface area contributed by atoms with E-state index in [9.17, 15) is 9.59 Å². The first-order chi connectivity index (χ1) is 9.47. The predicted octanol–water partition coefficient (Wildman–Crippen LogP) is 2.62. The summed E-state index contributed by atoms with van der Waals surface area (Å²) in [4.78, 5) is 24.3. The lowest BCUT2D eigenvalue weighted by Gasteiger charge is -2.21. The second kappa shape index (κ2) is 6.95. The molecule has 0 amide bonds. The molecule has 1 aromatic heterocycles. The van der Waals surface area contributed by atoms with E-state index in [-0.39, 0.29) is 11.6 Å². The average molecular weight is 275 g/mol. The highest BCUT2D eigenvalue weighted by Crippen LogP contribution is 2.20. The summed E-state index contributed by atoms with van der Waals surface area (Å²) in [6.45, 7) is 7.54. The zero-order valence-corrected chi connectivity index (χ0v) is 12.5. The van der Waals surface area contributed by atoms with Gasteiger partial charge < -0.3 is 9.30 Å². The minimum Gasteiger partial charge on any atom is -0.462 e. The second-order valence-corrected chi connectivity index (χ2v) is 4.69. The highest BCUT2D eigenvalue weighted by Gasteiger charge is 2.21. The number of aromatic nitrogens is 1. The molecule has 4 heteroatoms. The molecular formula is C16H21NO3. The highest BCUT2D eigenvalue weighted by molar-refractivity contribution is 5.92. The van der Waals surface area contributed by atoms with Gasteiger partial charge >= 0.3 is 5.97 Å². The Kier molecular flexibility index (Phi) is 5.57. The second-order valence-electron chi connectivity index (χ2n) is 4.69. The molecule has 1 atom stereocenters. The average Bonchev–Trinajstić information content (AvgIpc) is 2.37. The largest absolute Gasteiger partial charge is 0.462 e. The first kappa shape index (κ1) is 16.0. The molecule has 1 aromatic rings. The molecule has 0 N–H and O–H groups in total. The molecule has 4 nitrogen and oxygen atoms in total. The van der Waals surface area contributed by atoms with E-state index in [4.69, 9.17) is 11.2 Å². The van der Waals surface area contributed by atoms with Crippen LogP contribution in [-0.4, -0.2) is 17.1 Å². The topological polar surface area (TPSA) is 48.3 Å². The number of aryl methyl sites for hydroxylation is 1. The van der Waals surface area contributed by atoms with Crippen molar-refractivity contribution < 1.29 is 9.53 Å². The fourth-order valence-corrected chi connectivity index (χ4v) is 2.42. The fraction of sp³-hybridized carbons (Fsp3) is 0.500. The summed E-state index contributed by atoms with van der Waals surface area (Å²) in [6.07, 6.45) is 6.55. The number of rotatable bonds is 5. The van der Waals surface area contributed by atoms with Crippen LogP contribution in [0.4, 0.5) is 0 Å². The third-order valence-corrected chi connectivity index (χ3v) is 3.36. The Morgan fingerprint density at radius 3 is 2.60 bits per heavy atom. The molecule has 0 aliphatic carbocycles. The maximum atomic E-state index is 12.2. The number of esters is 1. The normalized spacial score (nSPS) is 11.8. The number of ether oxygens (including phenoxy) is 1. The van der Waals surface area contributed by atoms with Gasteiger partial charge in [-0.1, -0.05) is 6.92 Å². The Bertz CT molecular complexity index is 593. The lowest BCUT2D eigenvalue weighted by molar-refractivity contribution is 0.0523. The number of carbonyl (C=O) groups is 1. The van der Waals surface area contributed by atoms with E-state index in [1.165, 1.54) is 6.07 Å².